The highest BCUT2D eigenvalue weighted by molar-refractivity contribution is 6.04. The molecule has 8 heteroatoms. The van der Waals surface area contributed by atoms with Crippen LogP contribution in [0.15, 0.2) is 67.1 Å². The van der Waals surface area contributed by atoms with Crippen molar-refractivity contribution in [1.29, 1.82) is 0 Å². The lowest BCUT2D eigenvalue weighted by Gasteiger charge is -2.07. The summed E-state index contributed by atoms with van der Waals surface area (Å²) >= 11 is 0. The van der Waals surface area contributed by atoms with Crippen molar-refractivity contribution in [3.8, 4) is 16.9 Å². The fourth-order valence-corrected chi connectivity index (χ4v) is 2.43. The molecule has 25 heavy (non-hydrogen) atoms. The van der Waals surface area contributed by atoms with Crippen molar-refractivity contribution in [1.82, 2.24) is 30.4 Å². The Labute approximate surface area is 142 Å². The average molecular weight is 331 g/mol. The lowest BCUT2D eigenvalue weighted by atomic mass is 10.1. The summed E-state index contributed by atoms with van der Waals surface area (Å²) in [5.41, 5.74) is 3.87. The number of rotatable bonds is 4. The molecule has 2 heterocycles. The normalized spacial score (nSPS) is 10.6. The Balaban J connectivity index is 1.51. The van der Waals surface area contributed by atoms with Gasteiger partial charge in [0.15, 0.2) is 0 Å². The quantitative estimate of drug-likeness (QED) is 0.597. The largest absolute Gasteiger partial charge is 0.322 e. The molecule has 0 radical (unpaired) electrons. The van der Waals surface area contributed by atoms with E-state index in [1.807, 2.05) is 30.3 Å². The maximum atomic E-state index is 12.4. The smallest absolute Gasteiger partial charge is 0.255 e. The second-order valence-electron chi connectivity index (χ2n) is 5.31. The number of aromatic amines is 1. The number of tetrazole rings is 1. The molecular formula is C17H13N7O. The van der Waals surface area contributed by atoms with E-state index >= 15 is 0 Å². The number of H-pyrrole nitrogens is 1. The minimum atomic E-state index is -0.190. The summed E-state index contributed by atoms with van der Waals surface area (Å²) in [5.74, 6) is -0.190. The van der Waals surface area contributed by atoms with Gasteiger partial charge in [0.2, 0.25) is 0 Å². The van der Waals surface area contributed by atoms with Crippen molar-refractivity contribution >= 4 is 11.6 Å². The third-order valence-corrected chi connectivity index (χ3v) is 3.68. The van der Waals surface area contributed by atoms with Gasteiger partial charge in [-0.1, -0.05) is 12.1 Å². The molecule has 0 spiro atoms. The molecule has 8 nitrogen and oxygen atoms in total. The molecule has 0 bridgehead atoms. The van der Waals surface area contributed by atoms with Gasteiger partial charge >= 0.3 is 0 Å². The van der Waals surface area contributed by atoms with Gasteiger partial charge in [0.05, 0.1) is 11.4 Å². The number of benzene rings is 2. The van der Waals surface area contributed by atoms with Gasteiger partial charge in [-0.3, -0.25) is 9.89 Å². The Morgan fingerprint density at radius 3 is 2.68 bits per heavy atom. The Morgan fingerprint density at radius 1 is 1.08 bits per heavy atom. The molecule has 0 fully saturated rings. The van der Waals surface area contributed by atoms with Gasteiger partial charge in [-0.05, 0) is 52.9 Å². The lowest BCUT2D eigenvalue weighted by Crippen LogP contribution is -2.12. The SMILES string of the molecule is O=C(Nc1cccc(-c2ccn[nH]2)c1)c1ccc(-n2cnnn2)cc1. The van der Waals surface area contributed by atoms with Crippen LogP contribution in [-0.4, -0.2) is 36.3 Å². The van der Waals surface area contributed by atoms with Gasteiger partial charge in [-0.15, -0.1) is 5.10 Å². The van der Waals surface area contributed by atoms with Gasteiger partial charge in [0.1, 0.15) is 6.33 Å². The third kappa shape index (κ3) is 3.13. The number of anilines is 1. The number of carbonyl (C=O) groups is 1. The van der Waals surface area contributed by atoms with Gasteiger partial charge in [0.25, 0.3) is 5.91 Å². The summed E-state index contributed by atoms with van der Waals surface area (Å²) in [4.78, 5) is 12.4. The Bertz CT molecular complexity index is 976. The summed E-state index contributed by atoms with van der Waals surface area (Å²) in [5, 5.41) is 20.7. The van der Waals surface area contributed by atoms with Gasteiger partial charge in [-0.25, -0.2) is 4.68 Å². The van der Waals surface area contributed by atoms with Crippen LogP contribution in [-0.2, 0) is 0 Å². The highest BCUT2D eigenvalue weighted by atomic mass is 16.1. The molecule has 0 aliphatic heterocycles. The number of nitrogens with one attached hydrogen (secondary N) is 2. The van der Waals surface area contributed by atoms with E-state index in [9.17, 15) is 4.79 Å². The predicted octanol–water partition coefficient (Wildman–Crippen LogP) is 2.30. The summed E-state index contributed by atoms with van der Waals surface area (Å²) < 4.78 is 1.52. The van der Waals surface area contributed by atoms with Crippen LogP contribution in [0.25, 0.3) is 16.9 Å². The Kier molecular flexibility index (Phi) is 3.76. The number of hydrogen-bond acceptors (Lipinski definition) is 5. The molecule has 2 aromatic carbocycles. The van der Waals surface area contributed by atoms with Gasteiger partial charge in [0, 0.05) is 23.0 Å². The molecular weight excluding hydrogens is 318 g/mol. The molecule has 1 amide bonds. The van der Waals surface area contributed by atoms with E-state index in [1.165, 1.54) is 11.0 Å². The zero-order valence-electron chi connectivity index (χ0n) is 13.0. The summed E-state index contributed by atoms with van der Waals surface area (Å²) in [7, 11) is 0. The minimum absolute atomic E-state index is 0.190. The molecule has 0 saturated heterocycles. The minimum Gasteiger partial charge on any atom is -0.322 e. The molecule has 4 aromatic rings. The average Bonchev–Trinajstić information content (AvgIpc) is 3.36. The fourth-order valence-electron chi connectivity index (χ4n) is 2.43. The van der Waals surface area contributed by atoms with Crippen molar-refractivity contribution in [2.75, 3.05) is 5.32 Å². The molecule has 2 N–H and O–H groups in total. The number of nitrogens with zero attached hydrogens (tertiary/aromatic N) is 5. The van der Waals surface area contributed by atoms with Crippen LogP contribution in [0.2, 0.25) is 0 Å². The Hall–Kier alpha value is -3.81. The molecule has 122 valence electrons. The highest BCUT2D eigenvalue weighted by Crippen LogP contribution is 2.21. The maximum Gasteiger partial charge on any atom is 0.255 e. The second-order valence-corrected chi connectivity index (χ2v) is 5.31. The first kappa shape index (κ1) is 14.8. The van der Waals surface area contributed by atoms with Crippen LogP contribution in [0, 0.1) is 0 Å². The fraction of sp³-hybridized carbons (Fsp3) is 0. The summed E-state index contributed by atoms with van der Waals surface area (Å²) in [6.07, 6.45) is 3.18. The van der Waals surface area contributed by atoms with Crippen molar-refractivity contribution in [3.05, 3.63) is 72.7 Å². The molecule has 0 aliphatic carbocycles. The predicted molar refractivity (Wildman–Crippen MR) is 91.1 cm³/mol. The van der Waals surface area contributed by atoms with E-state index in [2.05, 4.69) is 31.0 Å². The second kappa shape index (κ2) is 6.36. The van der Waals surface area contributed by atoms with E-state index in [0.29, 0.717) is 11.3 Å². The van der Waals surface area contributed by atoms with E-state index in [0.717, 1.165) is 16.9 Å². The van der Waals surface area contributed by atoms with Crippen LogP contribution in [0.1, 0.15) is 10.4 Å². The number of aromatic nitrogens is 6. The van der Waals surface area contributed by atoms with Crippen molar-refractivity contribution in [2.24, 2.45) is 0 Å². The summed E-state index contributed by atoms with van der Waals surface area (Å²) in [6, 6.07) is 16.5. The zero-order chi connectivity index (χ0) is 17.1. The van der Waals surface area contributed by atoms with E-state index in [-0.39, 0.29) is 5.91 Å². The first-order valence-electron chi connectivity index (χ1n) is 7.54. The van der Waals surface area contributed by atoms with Crippen molar-refractivity contribution in [2.45, 2.75) is 0 Å². The number of carbonyl (C=O) groups excluding carboxylic acids is 1. The van der Waals surface area contributed by atoms with Crippen LogP contribution in [0.4, 0.5) is 5.69 Å². The Morgan fingerprint density at radius 2 is 1.96 bits per heavy atom. The number of hydrogen-bond donors (Lipinski definition) is 2. The van der Waals surface area contributed by atoms with Crippen LogP contribution in [0.3, 0.4) is 0 Å². The first-order valence-corrected chi connectivity index (χ1v) is 7.54. The standard InChI is InChI=1S/C17H13N7O/c25-17(12-4-6-15(7-5-12)24-11-19-22-23-24)20-14-3-1-2-13(10-14)16-8-9-18-21-16/h1-11H,(H,18,21)(H,20,25). The van der Waals surface area contributed by atoms with Crippen molar-refractivity contribution in [3.63, 3.8) is 0 Å². The van der Waals surface area contributed by atoms with E-state index < -0.39 is 0 Å². The molecule has 0 atom stereocenters. The lowest BCUT2D eigenvalue weighted by molar-refractivity contribution is 0.102. The summed E-state index contributed by atoms with van der Waals surface area (Å²) in [6.45, 7) is 0. The maximum absolute atomic E-state index is 12.4. The molecule has 4 rings (SSSR count). The van der Waals surface area contributed by atoms with Crippen LogP contribution < -0.4 is 5.32 Å². The van der Waals surface area contributed by atoms with Gasteiger partial charge in [-0.2, -0.15) is 5.10 Å². The first-order chi connectivity index (χ1) is 12.3. The molecule has 2 aromatic heterocycles. The van der Waals surface area contributed by atoms with Crippen LogP contribution in [0.5, 0.6) is 0 Å². The third-order valence-electron chi connectivity index (χ3n) is 3.68. The zero-order valence-corrected chi connectivity index (χ0v) is 13.0. The van der Waals surface area contributed by atoms with E-state index in [4.69, 9.17) is 0 Å². The molecule has 0 unspecified atom stereocenters. The van der Waals surface area contributed by atoms with Gasteiger partial charge < -0.3 is 5.32 Å². The van der Waals surface area contributed by atoms with Crippen LogP contribution >= 0.6 is 0 Å². The topological polar surface area (TPSA) is 101 Å². The molecule has 0 aliphatic rings. The highest BCUT2D eigenvalue weighted by Gasteiger charge is 2.08. The monoisotopic (exact) mass is 331 g/mol. The molecule has 0 saturated carbocycles. The van der Waals surface area contributed by atoms with Crippen molar-refractivity contribution < 1.29 is 4.79 Å². The van der Waals surface area contributed by atoms with E-state index in [1.54, 1.807) is 30.5 Å². The number of amides is 1.